The Morgan fingerprint density at radius 2 is 1.87 bits per heavy atom. The summed E-state index contributed by atoms with van der Waals surface area (Å²) < 4.78 is 35.7. The van der Waals surface area contributed by atoms with Crippen molar-refractivity contribution in [1.29, 1.82) is 0 Å². The molecule has 1 aromatic carbocycles. The van der Waals surface area contributed by atoms with Crippen molar-refractivity contribution in [2.75, 3.05) is 0 Å². The maximum Gasteiger partial charge on any atom is 0.586 e. The van der Waals surface area contributed by atoms with Gasteiger partial charge in [-0.1, -0.05) is 19.9 Å². The number of hydrogen-bond donors (Lipinski definition) is 0. The van der Waals surface area contributed by atoms with Crippen LogP contribution in [0.1, 0.15) is 25.5 Å². The van der Waals surface area contributed by atoms with Crippen molar-refractivity contribution in [1.82, 2.24) is 9.97 Å². The van der Waals surface area contributed by atoms with Gasteiger partial charge in [-0.05, 0) is 24.1 Å². The van der Waals surface area contributed by atoms with Crippen molar-refractivity contribution in [3.63, 3.8) is 0 Å². The smallest absolute Gasteiger partial charge is 0.395 e. The molecule has 7 heteroatoms. The van der Waals surface area contributed by atoms with Crippen LogP contribution in [-0.4, -0.2) is 16.3 Å². The monoisotopic (exact) mass is 334 g/mol. The van der Waals surface area contributed by atoms with Gasteiger partial charge in [0, 0.05) is 10.8 Å². The van der Waals surface area contributed by atoms with Gasteiger partial charge in [-0.25, -0.2) is 9.97 Å². The van der Waals surface area contributed by atoms with Crippen LogP contribution in [0.2, 0.25) is 0 Å². The van der Waals surface area contributed by atoms with Gasteiger partial charge >= 0.3 is 6.29 Å². The molecule has 3 heterocycles. The average Bonchev–Trinajstić information content (AvgIpc) is 3.09. The molecule has 4 rings (SSSR count). The molecule has 0 saturated carbocycles. The quantitative estimate of drug-likeness (QED) is 0.675. The van der Waals surface area contributed by atoms with Crippen LogP contribution in [0.3, 0.4) is 0 Å². The Balaban J connectivity index is 1.84. The van der Waals surface area contributed by atoms with Crippen molar-refractivity contribution in [2.24, 2.45) is 0 Å². The van der Waals surface area contributed by atoms with E-state index in [1.54, 1.807) is 6.07 Å². The van der Waals surface area contributed by atoms with Crippen LogP contribution in [-0.2, 0) is 0 Å². The van der Waals surface area contributed by atoms with E-state index in [9.17, 15) is 8.78 Å². The normalized spacial score (nSPS) is 15.5. The molecule has 0 N–H and O–H groups in total. The first-order valence-corrected chi connectivity index (χ1v) is 7.96. The van der Waals surface area contributed by atoms with Gasteiger partial charge in [0.1, 0.15) is 10.5 Å². The molecule has 23 heavy (non-hydrogen) atoms. The van der Waals surface area contributed by atoms with Crippen molar-refractivity contribution < 1.29 is 18.3 Å². The lowest BCUT2D eigenvalue weighted by Crippen LogP contribution is -2.26. The Morgan fingerprint density at radius 1 is 1.09 bits per heavy atom. The second kappa shape index (κ2) is 4.86. The summed E-state index contributed by atoms with van der Waals surface area (Å²) in [5, 5.41) is 3.43. The molecule has 118 valence electrons. The van der Waals surface area contributed by atoms with Crippen LogP contribution in [0.15, 0.2) is 29.6 Å². The molecular formula is C16H12F2N2O2S. The number of halogens is 2. The number of benzene rings is 1. The molecule has 3 aromatic rings. The molecule has 0 bridgehead atoms. The molecule has 2 aromatic heterocycles. The molecule has 0 amide bonds. The van der Waals surface area contributed by atoms with E-state index in [2.05, 4.69) is 33.3 Å². The Hall–Kier alpha value is -2.28. The summed E-state index contributed by atoms with van der Waals surface area (Å²) in [5.41, 5.74) is 1.95. The van der Waals surface area contributed by atoms with E-state index in [1.165, 1.54) is 17.4 Å². The molecule has 0 fully saturated rings. The van der Waals surface area contributed by atoms with Gasteiger partial charge in [-0.15, -0.1) is 20.1 Å². The first-order chi connectivity index (χ1) is 10.9. The zero-order valence-electron chi connectivity index (χ0n) is 12.3. The van der Waals surface area contributed by atoms with Gasteiger partial charge < -0.3 is 9.47 Å². The minimum absolute atomic E-state index is 0.00541. The third-order valence-corrected chi connectivity index (χ3v) is 4.44. The lowest BCUT2D eigenvalue weighted by molar-refractivity contribution is -0.286. The number of hydrogen-bond acceptors (Lipinski definition) is 5. The Labute approximate surface area is 134 Å². The first-order valence-electron chi connectivity index (χ1n) is 7.08. The maximum absolute atomic E-state index is 13.3. The lowest BCUT2D eigenvalue weighted by Gasteiger charge is -2.05. The van der Waals surface area contributed by atoms with Gasteiger partial charge in [0.25, 0.3) is 0 Å². The number of thiazole rings is 1. The summed E-state index contributed by atoms with van der Waals surface area (Å²) in [4.78, 5) is 9.01. The average molecular weight is 334 g/mol. The minimum atomic E-state index is -3.65. The molecule has 0 unspecified atom stereocenters. The number of rotatable bonds is 2. The molecule has 0 saturated heterocycles. The predicted octanol–water partition coefficient (Wildman–Crippen LogP) is 4.80. The van der Waals surface area contributed by atoms with E-state index in [-0.39, 0.29) is 11.5 Å². The van der Waals surface area contributed by atoms with Crippen molar-refractivity contribution in [3.05, 3.63) is 35.3 Å². The number of pyridine rings is 1. The highest BCUT2D eigenvalue weighted by molar-refractivity contribution is 7.13. The number of alkyl halides is 2. The summed E-state index contributed by atoms with van der Waals surface area (Å²) in [6, 6.07) is 6.77. The highest BCUT2D eigenvalue weighted by atomic mass is 32.1. The highest BCUT2D eigenvalue weighted by Crippen LogP contribution is 2.45. The predicted molar refractivity (Wildman–Crippen MR) is 83.1 cm³/mol. The second-order valence-electron chi connectivity index (χ2n) is 5.56. The SMILES string of the molecule is CC(C)c1csc(-c2ccc3ccc4c(c3n2)OC(F)(F)O4)n1. The van der Waals surface area contributed by atoms with Crippen LogP contribution in [0.5, 0.6) is 11.5 Å². The number of fused-ring (bicyclic) bond motifs is 3. The minimum Gasteiger partial charge on any atom is -0.395 e. The van der Waals surface area contributed by atoms with Crippen LogP contribution >= 0.6 is 11.3 Å². The van der Waals surface area contributed by atoms with Crippen LogP contribution in [0.25, 0.3) is 21.6 Å². The largest absolute Gasteiger partial charge is 0.586 e. The van der Waals surface area contributed by atoms with Crippen molar-refractivity contribution in [2.45, 2.75) is 26.1 Å². The molecule has 1 aliphatic heterocycles. The van der Waals surface area contributed by atoms with E-state index in [0.717, 1.165) is 10.7 Å². The molecule has 0 aliphatic carbocycles. The fourth-order valence-electron chi connectivity index (χ4n) is 2.38. The topological polar surface area (TPSA) is 44.2 Å². The molecule has 4 nitrogen and oxygen atoms in total. The molecule has 0 radical (unpaired) electrons. The summed E-state index contributed by atoms with van der Waals surface area (Å²) in [5.74, 6) is 0.282. The zero-order chi connectivity index (χ0) is 16.2. The van der Waals surface area contributed by atoms with Crippen LogP contribution in [0.4, 0.5) is 8.78 Å². The van der Waals surface area contributed by atoms with E-state index in [1.807, 2.05) is 17.5 Å². The van der Waals surface area contributed by atoms with E-state index in [4.69, 9.17) is 0 Å². The van der Waals surface area contributed by atoms with E-state index >= 15 is 0 Å². The van der Waals surface area contributed by atoms with Crippen LogP contribution < -0.4 is 9.47 Å². The zero-order valence-corrected chi connectivity index (χ0v) is 13.2. The Kier molecular flexibility index (Phi) is 3.02. The molecule has 0 atom stereocenters. The van der Waals surface area contributed by atoms with E-state index in [0.29, 0.717) is 22.5 Å². The summed E-state index contributed by atoms with van der Waals surface area (Å²) in [6.45, 7) is 4.12. The molecular weight excluding hydrogens is 322 g/mol. The highest BCUT2D eigenvalue weighted by Gasteiger charge is 2.44. The summed E-state index contributed by atoms with van der Waals surface area (Å²) in [7, 11) is 0. The lowest BCUT2D eigenvalue weighted by atomic mass is 10.1. The maximum atomic E-state index is 13.3. The van der Waals surface area contributed by atoms with Crippen molar-refractivity contribution in [3.8, 4) is 22.2 Å². The van der Waals surface area contributed by atoms with Gasteiger partial charge in [0.2, 0.25) is 0 Å². The fraction of sp³-hybridized carbons (Fsp3) is 0.250. The summed E-state index contributed by atoms with van der Waals surface area (Å²) in [6.07, 6.45) is -3.65. The van der Waals surface area contributed by atoms with Gasteiger partial charge in [-0.3, -0.25) is 0 Å². The standard InChI is InChI=1S/C16H12F2N2O2S/c1-8(2)11-7-23-15(20-11)10-5-3-9-4-6-12-14(13(9)19-10)22-16(17,18)21-12/h3-8H,1-2H3. The summed E-state index contributed by atoms with van der Waals surface area (Å²) >= 11 is 1.48. The number of ether oxygens (including phenoxy) is 2. The molecule has 1 aliphatic rings. The number of nitrogens with zero attached hydrogens (tertiary/aromatic N) is 2. The van der Waals surface area contributed by atoms with Gasteiger partial charge in [0.15, 0.2) is 11.5 Å². The first kappa shape index (κ1) is 14.3. The third kappa shape index (κ3) is 2.41. The van der Waals surface area contributed by atoms with E-state index < -0.39 is 6.29 Å². The number of aromatic nitrogens is 2. The molecule has 0 spiro atoms. The Morgan fingerprint density at radius 3 is 2.61 bits per heavy atom. The van der Waals surface area contributed by atoms with Crippen LogP contribution in [0, 0.1) is 0 Å². The third-order valence-electron chi connectivity index (χ3n) is 3.56. The van der Waals surface area contributed by atoms with Crippen molar-refractivity contribution >= 4 is 22.2 Å². The van der Waals surface area contributed by atoms with Gasteiger partial charge in [0.05, 0.1) is 11.4 Å². The fourth-order valence-corrected chi connectivity index (χ4v) is 3.33. The van der Waals surface area contributed by atoms with Gasteiger partial charge in [-0.2, -0.15) is 0 Å². The second-order valence-corrected chi connectivity index (χ2v) is 6.42. The Bertz CT molecular complexity index is 908.